The maximum Gasteiger partial charge on any atom is 0.310 e. The predicted octanol–water partition coefficient (Wildman–Crippen LogP) is 3.38. The number of hydrogen-bond acceptors (Lipinski definition) is 5. The van der Waals surface area contributed by atoms with Crippen molar-refractivity contribution in [3.05, 3.63) is 35.9 Å². The summed E-state index contributed by atoms with van der Waals surface area (Å²) < 4.78 is 11.1. The summed E-state index contributed by atoms with van der Waals surface area (Å²) in [7, 11) is 1.46. The molecule has 0 radical (unpaired) electrons. The van der Waals surface area contributed by atoms with Crippen LogP contribution in [0.1, 0.15) is 38.7 Å². The molecule has 2 fully saturated rings. The van der Waals surface area contributed by atoms with E-state index in [1.165, 1.54) is 12.7 Å². The van der Waals surface area contributed by atoms with E-state index in [2.05, 4.69) is 59.3 Å². The summed E-state index contributed by atoms with van der Waals surface area (Å²) in [6.07, 6.45) is 3.46. The maximum atomic E-state index is 12.0. The Labute approximate surface area is 216 Å². The Morgan fingerprint density at radius 1 is 1.18 bits per heavy atom. The lowest BCUT2D eigenvalue weighted by Gasteiger charge is -2.31. The molecule has 0 aliphatic carbocycles. The van der Waals surface area contributed by atoms with Gasteiger partial charge in [-0.25, -0.2) is 0 Å². The van der Waals surface area contributed by atoms with Crippen molar-refractivity contribution in [2.24, 2.45) is 16.8 Å². The molecular weight excluding hydrogens is 531 g/mol. The fourth-order valence-electron chi connectivity index (χ4n) is 4.60. The van der Waals surface area contributed by atoms with Crippen LogP contribution in [-0.2, 0) is 20.8 Å². The topological polar surface area (TPSA) is 66.4 Å². The number of guanidine groups is 1. The molecule has 2 saturated heterocycles. The minimum absolute atomic E-state index is 0. The van der Waals surface area contributed by atoms with Crippen molar-refractivity contribution in [2.75, 3.05) is 53.0 Å². The summed E-state index contributed by atoms with van der Waals surface area (Å²) in [5, 5.41) is 3.37. The molecule has 1 aromatic rings. The Balaban J connectivity index is 0.00000385. The number of piperidine rings is 1. The summed E-state index contributed by atoms with van der Waals surface area (Å²) in [6.45, 7) is 11.2. The summed E-state index contributed by atoms with van der Waals surface area (Å²) in [4.78, 5) is 21.5. The van der Waals surface area contributed by atoms with Crippen molar-refractivity contribution in [3.63, 3.8) is 0 Å². The zero-order valence-corrected chi connectivity index (χ0v) is 22.7. The first kappa shape index (κ1) is 27.9. The quantitative estimate of drug-likeness (QED) is 0.161. The maximum absolute atomic E-state index is 12.0. The van der Waals surface area contributed by atoms with Crippen LogP contribution in [0.25, 0.3) is 0 Å². The summed E-state index contributed by atoms with van der Waals surface area (Å²) in [6, 6.07) is 10.7. The van der Waals surface area contributed by atoms with Crippen LogP contribution in [0.3, 0.4) is 0 Å². The Kier molecular flexibility index (Phi) is 12.5. The fourth-order valence-corrected chi connectivity index (χ4v) is 4.60. The van der Waals surface area contributed by atoms with Crippen molar-refractivity contribution >= 4 is 35.9 Å². The second-order valence-corrected chi connectivity index (χ2v) is 8.93. The number of carbonyl (C=O) groups excluding carboxylic acids is 1. The molecule has 1 aromatic carbocycles. The van der Waals surface area contributed by atoms with Crippen LogP contribution in [0.5, 0.6) is 0 Å². The summed E-state index contributed by atoms with van der Waals surface area (Å²) in [5.41, 5.74) is 1.38. The van der Waals surface area contributed by atoms with Crippen LogP contribution in [0, 0.1) is 11.8 Å². The van der Waals surface area contributed by atoms with Gasteiger partial charge < -0.3 is 19.7 Å². The SMILES string of the molecule is CCNC(=NCCCOC1CCN(Cc2ccccc2)CC1)N1CC(C)C(C(=O)OC)C1.I. The van der Waals surface area contributed by atoms with E-state index in [1.54, 1.807) is 0 Å². The number of benzene rings is 1. The Morgan fingerprint density at radius 3 is 2.58 bits per heavy atom. The molecule has 8 heteroatoms. The van der Waals surface area contributed by atoms with Crippen LogP contribution in [0.4, 0.5) is 0 Å². The van der Waals surface area contributed by atoms with Crippen LogP contribution in [0.2, 0.25) is 0 Å². The summed E-state index contributed by atoms with van der Waals surface area (Å²) in [5.74, 6) is 0.946. The molecule has 7 nitrogen and oxygen atoms in total. The molecule has 3 rings (SSSR count). The van der Waals surface area contributed by atoms with E-state index in [4.69, 9.17) is 14.5 Å². The normalized spacial score (nSPS) is 22.2. The second kappa shape index (κ2) is 14.8. The first-order chi connectivity index (χ1) is 15.6. The van der Waals surface area contributed by atoms with Gasteiger partial charge in [0.2, 0.25) is 0 Å². The van der Waals surface area contributed by atoms with Gasteiger partial charge >= 0.3 is 5.97 Å². The van der Waals surface area contributed by atoms with Crippen LogP contribution < -0.4 is 5.32 Å². The molecule has 0 amide bonds. The molecule has 0 spiro atoms. The highest BCUT2D eigenvalue weighted by molar-refractivity contribution is 14.0. The van der Waals surface area contributed by atoms with Gasteiger partial charge in [0, 0.05) is 52.4 Å². The zero-order chi connectivity index (χ0) is 22.8. The van der Waals surface area contributed by atoms with Gasteiger partial charge in [-0.1, -0.05) is 37.3 Å². The number of likely N-dealkylation sites (tertiary alicyclic amines) is 2. The van der Waals surface area contributed by atoms with Gasteiger partial charge in [0.05, 0.1) is 19.1 Å². The molecule has 2 heterocycles. The molecule has 186 valence electrons. The smallest absolute Gasteiger partial charge is 0.310 e. The molecular formula is C25H41IN4O3. The van der Waals surface area contributed by atoms with Crippen LogP contribution in [-0.4, -0.2) is 80.8 Å². The Hall–Kier alpha value is -1.39. The lowest BCUT2D eigenvalue weighted by Crippen LogP contribution is -2.40. The van der Waals surface area contributed by atoms with E-state index in [1.807, 2.05) is 0 Å². The number of aliphatic imine (C=N–C) groups is 1. The summed E-state index contributed by atoms with van der Waals surface area (Å²) >= 11 is 0. The third-order valence-corrected chi connectivity index (χ3v) is 6.45. The van der Waals surface area contributed by atoms with E-state index in [0.29, 0.717) is 12.6 Å². The van der Waals surface area contributed by atoms with E-state index in [9.17, 15) is 4.79 Å². The first-order valence-corrected chi connectivity index (χ1v) is 12.1. The van der Waals surface area contributed by atoms with Gasteiger partial charge in [-0.3, -0.25) is 14.7 Å². The number of carbonyl (C=O) groups is 1. The molecule has 33 heavy (non-hydrogen) atoms. The molecule has 0 bridgehead atoms. The highest BCUT2D eigenvalue weighted by Gasteiger charge is 2.36. The van der Waals surface area contributed by atoms with Crippen molar-refractivity contribution in [3.8, 4) is 0 Å². The van der Waals surface area contributed by atoms with E-state index >= 15 is 0 Å². The number of esters is 1. The minimum Gasteiger partial charge on any atom is -0.469 e. The molecule has 2 aliphatic heterocycles. The molecule has 2 atom stereocenters. The number of nitrogens with zero attached hydrogens (tertiary/aromatic N) is 3. The van der Waals surface area contributed by atoms with Crippen molar-refractivity contribution in [2.45, 2.75) is 45.8 Å². The number of hydrogen-bond donors (Lipinski definition) is 1. The third kappa shape index (κ3) is 8.72. The molecule has 2 unspecified atom stereocenters. The second-order valence-electron chi connectivity index (χ2n) is 8.93. The first-order valence-electron chi connectivity index (χ1n) is 12.1. The molecule has 2 aliphatic rings. The van der Waals surface area contributed by atoms with Gasteiger partial charge in [0.25, 0.3) is 0 Å². The largest absolute Gasteiger partial charge is 0.469 e. The van der Waals surface area contributed by atoms with Crippen molar-refractivity contribution in [1.82, 2.24) is 15.1 Å². The standard InChI is InChI=1S/C25H40N4O3.HI/c1-4-26-25(29-17-20(2)23(19-29)24(30)31-3)27-13-8-16-32-22-11-14-28(15-12-22)18-21-9-6-5-7-10-21;/h5-7,9-10,20,22-23H,4,8,11-19H2,1-3H3,(H,26,27);1H. The van der Waals surface area contributed by atoms with Crippen molar-refractivity contribution < 1.29 is 14.3 Å². The number of methoxy groups -OCH3 is 1. The van der Waals surface area contributed by atoms with Gasteiger partial charge in [0.1, 0.15) is 0 Å². The van der Waals surface area contributed by atoms with E-state index in [0.717, 1.165) is 71.1 Å². The Morgan fingerprint density at radius 2 is 1.91 bits per heavy atom. The predicted molar refractivity (Wildman–Crippen MR) is 143 cm³/mol. The number of nitrogens with one attached hydrogen (secondary N) is 1. The lowest BCUT2D eigenvalue weighted by atomic mass is 9.99. The highest BCUT2D eigenvalue weighted by Crippen LogP contribution is 2.24. The van der Waals surface area contributed by atoms with E-state index in [-0.39, 0.29) is 41.8 Å². The van der Waals surface area contributed by atoms with Crippen LogP contribution >= 0.6 is 24.0 Å². The zero-order valence-electron chi connectivity index (χ0n) is 20.4. The number of rotatable bonds is 9. The van der Waals surface area contributed by atoms with Crippen molar-refractivity contribution in [1.29, 1.82) is 0 Å². The average Bonchev–Trinajstić information content (AvgIpc) is 3.21. The lowest BCUT2D eigenvalue weighted by molar-refractivity contribution is -0.145. The fraction of sp³-hybridized carbons (Fsp3) is 0.680. The monoisotopic (exact) mass is 572 g/mol. The van der Waals surface area contributed by atoms with E-state index < -0.39 is 0 Å². The third-order valence-electron chi connectivity index (χ3n) is 6.45. The number of halogens is 1. The minimum atomic E-state index is -0.126. The Bertz CT molecular complexity index is 726. The molecule has 1 N–H and O–H groups in total. The van der Waals surface area contributed by atoms with Crippen LogP contribution in [0.15, 0.2) is 35.3 Å². The van der Waals surface area contributed by atoms with Gasteiger partial charge in [-0.05, 0) is 37.7 Å². The van der Waals surface area contributed by atoms with Gasteiger partial charge in [0.15, 0.2) is 5.96 Å². The molecule has 0 saturated carbocycles. The highest BCUT2D eigenvalue weighted by atomic mass is 127. The van der Waals surface area contributed by atoms with Gasteiger partial charge in [-0.2, -0.15) is 0 Å². The van der Waals surface area contributed by atoms with Gasteiger partial charge in [-0.15, -0.1) is 24.0 Å². The molecule has 0 aromatic heterocycles. The average molecular weight is 573 g/mol. The number of ether oxygens (including phenoxy) is 2.